The number of rotatable bonds is 7. The van der Waals surface area contributed by atoms with Gasteiger partial charge in [-0.25, -0.2) is 33.3 Å². The fraction of sp³-hybridized carbons (Fsp3) is 0.615. The average molecular weight is 591 g/mol. The third-order valence-electron chi connectivity index (χ3n) is 7.75. The van der Waals surface area contributed by atoms with Gasteiger partial charge in [-0.15, -0.1) is 0 Å². The molecule has 2 aromatic heterocycles. The molecule has 228 valence electrons. The van der Waals surface area contributed by atoms with E-state index in [1.165, 1.54) is 31.7 Å². The molecule has 0 bridgehead atoms. The van der Waals surface area contributed by atoms with Gasteiger partial charge in [0.1, 0.15) is 18.0 Å². The molecule has 16 heteroatoms. The van der Waals surface area contributed by atoms with E-state index >= 15 is 8.78 Å². The van der Waals surface area contributed by atoms with E-state index < -0.39 is 30.5 Å². The highest BCUT2D eigenvalue weighted by Gasteiger charge is 2.48. The Kier molecular flexibility index (Phi) is 8.82. The molecule has 0 radical (unpaired) electrons. The standard InChI is InChI=1S/C26H36F2N10O4/c1-4-41-22-13-30-21(12-31-22)33-24(39)36(3)19-16-38(8-6-26(19,27)28)23-29-7-5-20(32-23)34-25(40)42-18-11-17-14-35(2)9-10-37(17)15-18/h5,7,12-13,17-19H,4,6,8-11,14-16H2,1-3H3,(H,30,33,39)(H,29,32,34,40)/t17-,18+,19-/m0/s1. The van der Waals surface area contributed by atoms with E-state index in [9.17, 15) is 9.59 Å². The predicted octanol–water partition coefficient (Wildman–Crippen LogP) is 1.98. The zero-order valence-corrected chi connectivity index (χ0v) is 23.9. The quantitative estimate of drug-likeness (QED) is 0.489. The Hall–Kier alpha value is -3.92. The first-order valence-corrected chi connectivity index (χ1v) is 14.0. The lowest BCUT2D eigenvalue weighted by molar-refractivity contribution is -0.0760. The Morgan fingerprint density at radius 1 is 1.10 bits per heavy atom. The van der Waals surface area contributed by atoms with Gasteiger partial charge in [0.25, 0.3) is 5.92 Å². The highest BCUT2D eigenvalue weighted by Crippen LogP contribution is 2.33. The van der Waals surface area contributed by atoms with Crippen LogP contribution in [0.3, 0.4) is 0 Å². The summed E-state index contributed by atoms with van der Waals surface area (Å²) in [4.78, 5) is 49.2. The first-order valence-electron chi connectivity index (χ1n) is 14.0. The van der Waals surface area contributed by atoms with Crippen molar-refractivity contribution >= 4 is 29.7 Å². The van der Waals surface area contributed by atoms with E-state index in [0.29, 0.717) is 19.2 Å². The monoisotopic (exact) mass is 590 g/mol. The van der Waals surface area contributed by atoms with Crippen LogP contribution in [0.4, 0.5) is 36.0 Å². The molecule has 0 spiro atoms. The van der Waals surface area contributed by atoms with E-state index in [0.717, 1.165) is 31.0 Å². The molecule has 3 atom stereocenters. The van der Waals surface area contributed by atoms with Gasteiger partial charge in [-0.05, 0) is 20.0 Å². The molecule has 14 nitrogen and oxygen atoms in total. The molecular weight excluding hydrogens is 554 g/mol. The van der Waals surface area contributed by atoms with Gasteiger partial charge in [0.2, 0.25) is 11.8 Å². The van der Waals surface area contributed by atoms with Gasteiger partial charge in [0.15, 0.2) is 5.82 Å². The third-order valence-corrected chi connectivity index (χ3v) is 7.75. The van der Waals surface area contributed by atoms with Crippen LogP contribution in [0.1, 0.15) is 19.8 Å². The Bertz CT molecular complexity index is 1260. The van der Waals surface area contributed by atoms with Crippen molar-refractivity contribution in [3.05, 3.63) is 24.7 Å². The van der Waals surface area contributed by atoms with Gasteiger partial charge in [-0.1, -0.05) is 0 Å². The molecule has 3 aliphatic heterocycles. The second kappa shape index (κ2) is 12.5. The second-order valence-electron chi connectivity index (χ2n) is 10.7. The molecule has 5 heterocycles. The minimum Gasteiger partial charge on any atom is -0.477 e. The normalized spacial score (nSPS) is 24.0. The van der Waals surface area contributed by atoms with Crippen LogP contribution in [0.2, 0.25) is 0 Å². The van der Waals surface area contributed by atoms with Gasteiger partial charge in [0, 0.05) is 71.4 Å². The number of piperidine rings is 1. The lowest BCUT2D eigenvalue weighted by Gasteiger charge is -2.42. The molecule has 2 N–H and O–H groups in total. The number of nitrogens with zero attached hydrogens (tertiary/aromatic N) is 8. The van der Waals surface area contributed by atoms with Crippen molar-refractivity contribution in [3.63, 3.8) is 0 Å². The smallest absolute Gasteiger partial charge is 0.413 e. The van der Waals surface area contributed by atoms with Crippen molar-refractivity contribution in [3.8, 4) is 5.88 Å². The largest absolute Gasteiger partial charge is 0.477 e. The lowest BCUT2D eigenvalue weighted by atomic mass is 10.00. The van der Waals surface area contributed by atoms with E-state index in [4.69, 9.17) is 9.47 Å². The number of fused-ring (bicyclic) bond motifs is 1. The van der Waals surface area contributed by atoms with Gasteiger partial charge in [-0.2, -0.15) is 4.98 Å². The molecule has 3 aliphatic rings. The summed E-state index contributed by atoms with van der Waals surface area (Å²) in [5.41, 5.74) is 0. The zero-order chi connectivity index (χ0) is 29.9. The number of amides is 3. The van der Waals surface area contributed by atoms with Crippen molar-refractivity contribution in [2.24, 2.45) is 0 Å². The van der Waals surface area contributed by atoms with E-state index in [1.54, 1.807) is 11.8 Å². The van der Waals surface area contributed by atoms with Gasteiger partial charge in [-0.3, -0.25) is 15.5 Å². The molecule has 0 unspecified atom stereocenters. The van der Waals surface area contributed by atoms with Crippen LogP contribution < -0.4 is 20.3 Å². The molecular formula is C26H36F2N10O4. The molecule has 5 rings (SSSR count). The number of nitrogens with one attached hydrogen (secondary N) is 2. The van der Waals surface area contributed by atoms with Crippen LogP contribution in [0.15, 0.2) is 24.7 Å². The number of anilines is 3. The number of likely N-dealkylation sites (N-methyl/N-ethyl adjacent to an activating group) is 2. The first kappa shape index (κ1) is 29.6. The minimum atomic E-state index is -3.16. The van der Waals surface area contributed by atoms with Crippen molar-refractivity contribution in [1.82, 2.24) is 34.6 Å². The highest BCUT2D eigenvalue weighted by atomic mass is 19.3. The number of alkyl halides is 2. The topological polar surface area (TPSA) is 141 Å². The number of ether oxygens (including phenoxy) is 2. The molecule has 0 aliphatic carbocycles. The fourth-order valence-electron chi connectivity index (χ4n) is 5.51. The maximum atomic E-state index is 15.0. The van der Waals surface area contributed by atoms with Crippen molar-refractivity contribution in [1.29, 1.82) is 0 Å². The third kappa shape index (κ3) is 6.92. The summed E-state index contributed by atoms with van der Waals surface area (Å²) >= 11 is 0. The average Bonchev–Trinajstić information content (AvgIpc) is 3.35. The zero-order valence-electron chi connectivity index (χ0n) is 23.9. The Labute approximate surface area is 242 Å². The number of hydrogen-bond acceptors (Lipinski definition) is 11. The molecule has 42 heavy (non-hydrogen) atoms. The SMILES string of the molecule is CCOc1cnc(NC(=O)N(C)[C@H]2CN(c3nccc(NC(=O)O[C@@H]4C[C@H]5CN(C)CCN5C4)n3)CCC2(F)F)cn1. The van der Waals surface area contributed by atoms with Crippen LogP contribution >= 0.6 is 0 Å². The Balaban J connectivity index is 1.18. The summed E-state index contributed by atoms with van der Waals surface area (Å²) in [6, 6.07) is -0.377. The molecule has 3 saturated heterocycles. The van der Waals surface area contributed by atoms with Crippen LogP contribution in [0, 0.1) is 0 Å². The Morgan fingerprint density at radius 3 is 2.69 bits per heavy atom. The predicted molar refractivity (Wildman–Crippen MR) is 149 cm³/mol. The van der Waals surface area contributed by atoms with E-state index in [2.05, 4.69) is 47.4 Å². The summed E-state index contributed by atoms with van der Waals surface area (Å²) in [6.45, 7) is 5.50. The van der Waals surface area contributed by atoms with Crippen LogP contribution in [0.25, 0.3) is 0 Å². The number of hydrogen-bond donors (Lipinski definition) is 2. The second-order valence-corrected chi connectivity index (χ2v) is 10.7. The summed E-state index contributed by atoms with van der Waals surface area (Å²) in [7, 11) is 3.38. The van der Waals surface area contributed by atoms with E-state index in [1.807, 2.05) is 0 Å². The minimum absolute atomic E-state index is 0.0367. The van der Waals surface area contributed by atoms with Gasteiger partial charge < -0.3 is 24.2 Å². The number of carbonyl (C=O) groups excluding carboxylic acids is 2. The number of urea groups is 1. The van der Waals surface area contributed by atoms with E-state index in [-0.39, 0.29) is 42.7 Å². The molecule has 0 saturated carbocycles. The molecule has 2 aromatic rings. The van der Waals surface area contributed by atoms with Crippen LogP contribution in [-0.2, 0) is 4.74 Å². The lowest BCUT2D eigenvalue weighted by Crippen LogP contribution is -2.60. The van der Waals surface area contributed by atoms with Crippen molar-refractivity contribution in [2.75, 3.05) is 75.5 Å². The van der Waals surface area contributed by atoms with Crippen LogP contribution in [0.5, 0.6) is 5.88 Å². The maximum absolute atomic E-state index is 15.0. The Morgan fingerprint density at radius 2 is 1.93 bits per heavy atom. The molecule has 0 aromatic carbocycles. The van der Waals surface area contributed by atoms with Crippen LogP contribution in [-0.4, -0.2) is 131 Å². The van der Waals surface area contributed by atoms with Gasteiger partial charge in [0.05, 0.1) is 19.0 Å². The maximum Gasteiger partial charge on any atom is 0.413 e. The molecule has 3 amide bonds. The summed E-state index contributed by atoms with van der Waals surface area (Å²) < 4.78 is 40.9. The number of carbonyl (C=O) groups is 2. The number of aromatic nitrogens is 4. The number of halogens is 2. The van der Waals surface area contributed by atoms with Crippen molar-refractivity contribution < 1.29 is 27.8 Å². The summed E-state index contributed by atoms with van der Waals surface area (Å²) in [5, 5.41) is 5.12. The van der Waals surface area contributed by atoms with Crippen molar-refractivity contribution in [2.45, 2.75) is 43.9 Å². The summed E-state index contributed by atoms with van der Waals surface area (Å²) in [5.74, 6) is -2.43. The highest BCUT2D eigenvalue weighted by molar-refractivity contribution is 5.88. The van der Waals surface area contributed by atoms with Gasteiger partial charge >= 0.3 is 12.1 Å². The number of piperazine rings is 1. The summed E-state index contributed by atoms with van der Waals surface area (Å²) in [6.07, 6.45) is 3.46. The first-order chi connectivity index (χ1) is 20.1. The molecule has 3 fully saturated rings. The fourth-order valence-corrected chi connectivity index (χ4v) is 5.51.